The first-order valence-corrected chi connectivity index (χ1v) is 6.58. The smallest absolute Gasteiger partial charge is 0.335 e. The Bertz CT molecular complexity index is 667. The minimum absolute atomic E-state index is 0.134. The molecule has 5 nitrogen and oxygen atoms in total. The van der Waals surface area contributed by atoms with Crippen LogP contribution in [0.3, 0.4) is 0 Å². The number of carbonyl (C=O) groups is 2. The first kappa shape index (κ1) is 15.2. The first-order chi connectivity index (χ1) is 9.97. The van der Waals surface area contributed by atoms with E-state index in [-0.39, 0.29) is 5.56 Å². The van der Waals surface area contributed by atoms with Gasteiger partial charge in [-0.15, -0.1) is 0 Å². The van der Waals surface area contributed by atoms with E-state index in [1.54, 1.807) is 18.2 Å². The molecule has 0 heterocycles. The average Bonchev–Trinajstić information content (AvgIpc) is 2.43. The topological polar surface area (TPSA) is 78.4 Å². The maximum Gasteiger partial charge on any atom is 0.335 e. The number of para-hydroxylation sites is 1. The summed E-state index contributed by atoms with van der Waals surface area (Å²) in [4.78, 5) is 22.6. The molecule has 2 rings (SSSR count). The standard InChI is InChI=1S/C14H10Cl2N2O3/c15-10-2-1-3-11(16)12(10)18-14(21)17-9-6-4-8(5-7-9)13(19)20/h1-7H,(H,19,20)(H2,17,18,21). The third-order valence-corrected chi connectivity index (χ3v) is 3.22. The third-order valence-electron chi connectivity index (χ3n) is 2.59. The number of urea groups is 1. The molecule has 0 spiro atoms. The van der Waals surface area contributed by atoms with Gasteiger partial charge in [-0.25, -0.2) is 9.59 Å². The molecule has 0 bridgehead atoms. The highest BCUT2D eigenvalue weighted by molar-refractivity contribution is 6.39. The normalized spacial score (nSPS) is 10.0. The van der Waals surface area contributed by atoms with E-state index >= 15 is 0 Å². The average molecular weight is 325 g/mol. The molecule has 0 radical (unpaired) electrons. The molecular formula is C14H10Cl2N2O3. The fraction of sp³-hybridized carbons (Fsp3) is 0. The first-order valence-electron chi connectivity index (χ1n) is 5.83. The van der Waals surface area contributed by atoms with Gasteiger partial charge < -0.3 is 15.7 Å². The van der Waals surface area contributed by atoms with Crippen LogP contribution in [0.2, 0.25) is 10.0 Å². The molecular weight excluding hydrogens is 315 g/mol. The van der Waals surface area contributed by atoms with Gasteiger partial charge in [0.15, 0.2) is 0 Å². The zero-order chi connectivity index (χ0) is 15.4. The Morgan fingerprint density at radius 2 is 1.48 bits per heavy atom. The van der Waals surface area contributed by atoms with Crippen LogP contribution in [0.1, 0.15) is 10.4 Å². The maximum atomic E-state index is 11.8. The SMILES string of the molecule is O=C(Nc1ccc(C(=O)O)cc1)Nc1c(Cl)cccc1Cl. The number of carbonyl (C=O) groups excluding carboxylic acids is 1. The number of hydrogen-bond acceptors (Lipinski definition) is 2. The number of nitrogens with one attached hydrogen (secondary N) is 2. The Kier molecular flexibility index (Phi) is 4.67. The van der Waals surface area contributed by atoms with Gasteiger partial charge in [-0.05, 0) is 36.4 Å². The molecule has 0 saturated carbocycles. The van der Waals surface area contributed by atoms with E-state index in [0.29, 0.717) is 21.4 Å². The van der Waals surface area contributed by atoms with Crippen molar-refractivity contribution in [2.75, 3.05) is 10.6 Å². The monoisotopic (exact) mass is 324 g/mol. The predicted octanol–water partition coefficient (Wildman–Crippen LogP) is 4.34. The summed E-state index contributed by atoms with van der Waals surface area (Å²) in [6, 6.07) is 10.1. The number of halogens is 2. The van der Waals surface area contributed by atoms with Gasteiger partial charge in [0.1, 0.15) is 0 Å². The highest BCUT2D eigenvalue weighted by Gasteiger charge is 2.10. The Hall–Kier alpha value is -2.24. The van der Waals surface area contributed by atoms with Crippen molar-refractivity contribution in [2.45, 2.75) is 0 Å². The van der Waals surface area contributed by atoms with E-state index in [9.17, 15) is 9.59 Å². The van der Waals surface area contributed by atoms with Crippen molar-refractivity contribution in [3.8, 4) is 0 Å². The van der Waals surface area contributed by atoms with Crippen LogP contribution in [0.4, 0.5) is 16.2 Å². The lowest BCUT2D eigenvalue weighted by molar-refractivity contribution is 0.0697. The van der Waals surface area contributed by atoms with Crippen molar-refractivity contribution < 1.29 is 14.7 Å². The van der Waals surface area contributed by atoms with Crippen molar-refractivity contribution in [1.29, 1.82) is 0 Å². The van der Waals surface area contributed by atoms with E-state index < -0.39 is 12.0 Å². The van der Waals surface area contributed by atoms with Crippen molar-refractivity contribution >= 4 is 46.6 Å². The fourth-order valence-electron chi connectivity index (χ4n) is 1.59. The molecule has 2 aromatic carbocycles. The summed E-state index contributed by atoms with van der Waals surface area (Å²) in [5.41, 5.74) is 0.885. The molecule has 7 heteroatoms. The van der Waals surface area contributed by atoms with Gasteiger partial charge in [0, 0.05) is 5.69 Å². The molecule has 0 aliphatic carbocycles. The molecule has 2 amide bonds. The van der Waals surface area contributed by atoms with Crippen molar-refractivity contribution in [3.05, 3.63) is 58.1 Å². The second-order valence-electron chi connectivity index (χ2n) is 4.06. The Labute approximate surface area is 130 Å². The van der Waals surface area contributed by atoms with E-state index in [1.807, 2.05) is 0 Å². The summed E-state index contributed by atoms with van der Waals surface area (Å²) in [6.45, 7) is 0. The molecule has 3 N–H and O–H groups in total. The number of carboxylic acid groups (broad SMARTS) is 1. The van der Waals surface area contributed by atoms with Crippen LogP contribution in [0.15, 0.2) is 42.5 Å². The number of benzene rings is 2. The van der Waals surface area contributed by atoms with Crippen molar-refractivity contribution in [3.63, 3.8) is 0 Å². The van der Waals surface area contributed by atoms with E-state index in [4.69, 9.17) is 28.3 Å². The van der Waals surface area contributed by atoms with Gasteiger partial charge in [-0.1, -0.05) is 29.3 Å². The number of anilines is 2. The lowest BCUT2D eigenvalue weighted by Gasteiger charge is -2.10. The minimum Gasteiger partial charge on any atom is -0.478 e. The van der Waals surface area contributed by atoms with Crippen LogP contribution < -0.4 is 10.6 Å². The lowest BCUT2D eigenvalue weighted by Crippen LogP contribution is -2.19. The lowest BCUT2D eigenvalue weighted by atomic mass is 10.2. The quantitative estimate of drug-likeness (QED) is 0.785. The van der Waals surface area contributed by atoms with Crippen molar-refractivity contribution in [1.82, 2.24) is 0 Å². The molecule has 2 aromatic rings. The van der Waals surface area contributed by atoms with Crippen LogP contribution in [0, 0.1) is 0 Å². The van der Waals surface area contributed by atoms with Crippen LogP contribution >= 0.6 is 23.2 Å². The van der Waals surface area contributed by atoms with Gasteiger partial charge in [0.2, 0.25) is 0 Å². The van der Waals surface area contributed by atoms with Crippen molar-refractivity contribution in [2.24, 2.45) is 0 Å². The fourth-order valence-corrected chi connectivity index (χ4v) is 2.08. The zero-order valence-corrected chi connectivity index (χ0v) is 12.1. The number of amides is 2. The summed E-state index contributed by atoms with van der Waals surface area (Å²) in [5.74, 6) is -1.03. The molecule has 0 aliphatic heterocycles. The molecule has 0 aromatic heterocycles. The Morgan fingerprint density at radius 3 is 2.00 bits per heavy atom. The van der Waals surface area contributed by atoms with E-state index in [2.05, 4.69) is 10.6 Å². The number of carboxylic acids is 1. The summed E-state index contributed by atoms with van der Waals surface area (Å²) < 4.78 is 0. The molecule has 21 heavy (non-hydrogen) atoms. The Morgan fingerprint density at radius 1 is 0.905 bits per heavy atom. The number of aromatic carboxylic acids is 1. The Balaban J connectivity index is 2.06. The molecule has 0 atom stereocenters. The highest BCUT2D eigenvalue weighted by Crippen LogP contribution is 2.29. The molecule has 0 unspecified atom stereocenters. The van der Waals surface area contributed by atoms with Gasteiger partial charge in [-0.2, -0.15) is 0 Å². The van der Waals surface area contributed by atoms with Gasteiger partial charge in [0.25, 0.3) is 0 Å². The van der Waals surface area contributed by atoms with Crippen LogP contribution in [0.5, 0.6) is 0 Å². The molecule has 0 aliphatic rings. The van der Waals surface area contributed by atoms with Gasteiger partial charge in [-0.3, -0.25) is 0 Å². The number of rotatable bonds is 3. The zero-order valence-electron chi connectivity index (χ0n) is 10.6. The van der Waals surface area contributed by atoms with Gasteiger partial charge >= 0.3 is 12.0 Å². The second kappa shape index (κ2) is 6.47. The summed E-state index contributed by atoms with van der Waals surface area (Å²) >= 11 is 11.9. The molecule has 0 saturated heterocycles. The van der Waals surface area contributed by atoms with Crippen LogP contribution in [0.25, 0.3) is 0 Å². The molecule has 0 fully saturated rings. The summed E-state index contributed by atoms with van der Waals surface area (Å²) in [7, 11) is 0. The van der Waals surface area contributed by atoms with E-state index in [1.165, 1.54) is 24.3 Å². The van der Waals surface area contributed by atoms with Crippen LogP contribution in [-0.2, 0) is 0 Å². The third kappa shape index (κ3) is 3.87. The summed E-state index contributed by atoms with van der Waals surface area (Å²) in [6.07, 6.45) is 0. The summed E-state index contributed by atoms with van der Waals surface area (Å²) in [5, 5.41) is 14.5. The van der Waals surface area contributed by atoms with E-state index in [0.717, 1.165) is 0 Å². The van der Waals surface area contributed by atoms with Crippen LogP contribution in [-0.4, -0.2) is 17.1 Å². The minimum atomic E-state index is -1.03. The predicted molar refractivity (Wildman–Crippen MR) is 82.5 cm³/mol. The van der Waals surface area contributed by atoms with Gasteiger partial charge in [0.05, 0.1) is 21.3 Å². The number of hydrogen-bond donors (Lipinski definition) is 3. The second-order valence-corrected chi connectivity index (χ2v) is 4.87. The molecule has 108 valence electrons. The largest absolute Gasteiger partial charge is 0.478 e. The highest BCUT2D eigenvalue weighted by atomic mass is 35.5. The maximum absolute atomic E-state index is 11.8.